The molecule has 18 heteroatoms. The summed E-state index contributed by atoms with van der Waals surface area (Å²) in [5.74, 6) is 3.86. The van der Waals surface area contributed by atoms with Gasteiger partial charge in [0.2, 0.25) is 23.0 Å². The van der Waals surface area contributed by atoms with Crippen LogP contribution in [0.15, 0.2) is 56.4 Å². The third kappa shape index (κ3) is 5.14. The number of nitrogens with zero attached hydrogens (tertiary/aromatic N) is 4. The van der Waals surface area contributed by atoms with Gasteiger partial charge in [0.25, 0.3) is 0 Å². The first kappa shape index (κ1) is 36.8. The molecule has 0 fully saturated rings. The van der Waals surface area contributed by atoms with Crippen LogP contribution in [0.2, 0.25) is 10.0 Å². The summed E-state index contributed by atoms with van der Waals surface area (Å²) in [5, 5.41) is 5.24. The van der Waals surface area contributed by atoms with Crippen LogP contribution in [0, 0.1) is 0 Å². The molecule has 58 heavy (non-hydrogen) atoms. The molecule has 5 heterocycles. The molecule has 4 aromatic carbocycles. The first-order valence-corrected chi connectivity index (χ1v) is 18.3. The van der Waals surface area contributed by atoms with E-state index in [1.165, 1.54) is 56.9 Å². The van der Waals surface area contributed by atoms with Gasteiger partial charge in [0.05, 0.1) is 88.5 Å². The molecule has 0 saturated heterocycles. The van der Waals surface area contributed by atoms with Crippen LogP contribution in [0.1, 0.15) is 0 Å². The molecule has 0 saturated carbocycles. The van der Waals surface area contributed by atoms with Gasteiger partial charge < -0.3 is 57.8 Å². The lowest BCUT2D eigenvalue weighted by Gasteiger charge is -2.17. The smallest absolute Gasteiger partial charge is 0.208 e. The summed E-state index contributed by atoms with van der Waals surface area (Å²) in [6, 6.07) is 11.3. The van der Waals surface area contributed by atoms with E-state index in [-0.39, 0.29) is 45.3 Å². The Balaban J connectivity index is 1.60. The normalized spacial score (nSPS) is 12.2. The first-order valence-electron chi connectivity index (χ1n) is 17.6. The highest BCUT2D eigenvalue weighted by Crippen LogP contribution is 2.56. The van der Waals surface area contributed by atoms with Crippen molar-refractivity contribution in [3.63, 3.8) is 0 Å². The van der Waals surface area contributed by atoms with Crippen LogP contribution in [0.5, 0.6) is 46.0 Å². The number of hydrogen-bond acceptors (Lipinski definition) is 12. The number of aromatic nitrogens is 4. The van der Waals surface area contributed by atoms with Gasteiger partial charge in [-0.25, -0.2) is 20.0 Å². The zero-order valence-corrected chi connectivity index (χ0v) is 33.8. The Bertz CT molecular complexity index is 3280. The van der Waals surface area contributed by atoms with Crippen LogP contribution in [-0.2, 0) is 0 Å². The second kappa shape index (κ2) is 14.0. The zero-order chi connectivity index (χ0) is 40.6. The molecule has 0 spiro atoms. The number of rotatable bonds is 8. The number of benzene rings is 4. The molecule has 1 aliphatic heterocycles. The largest absolute Gasteiger partial charge is 0.492 e. The molecular formula is C40H34Cl2N8O8. The highest BCUT2D eigenvalue weighted by Gasteiger charge is 2.31. The maximum Gasteiger partial charge on any atom is 0.208 e. The molecule has 0 radical (unpaired) electrons. The van der Waals surface area contributed by atoms with E-state index in [4.69, 9.17) is 81.1 Å². The van der Waals surface area contributed by atoms with Crippen molar-refractivity contribution in [2.45, 2.75) is 0 Å². The Labute approximate surface area is 337 Å². The minimum Gasteiger partial charge on any atom is -0.492 e. The van der Waals surface area contributed by atoms with Crippen molar-refractivity contribution < 1.29 is 37.9 Å². The second-order valence-electron chi connectivity index (χ2n) is 12.8. The molecule has 296 valence electrons. The minimum atomic E-state index is 0.260. The molecule has 1 aliphatic rings. The highest BCUT2D eigenvalue weighted by molar-refractivity contribution is 6.45. The summed E-state index contributed by atoms with van der Waals surface area (Å²) < 4.78 is 47.6. The van der Waals surface area contributed by atoms with Crippen LogP contribution in [0.25, 0.3) is 43.1 Å². The molecule has 8 aromatic rings. The summed E-state index contributed by atoms with van der Waals surface area (Å²) in [4.78, 5) is 34.4. The number of halogens is 2. The van der Waals surface area contributed by atoms with Crippen LogP contribution < -0.4 is 59.8 Å². The van der Waals surface area contributed by atoms with Gasteiger partial charge in [0, 0.05) is 21.5 Å². The molecule has 9 rings (SSSR count). The number of fused-ring (bicyclic) bond motifs is 20. The van der Waals surface area contributed by atoms with Crippen LogP contribution in [0.4, 0.5) is 23.3 Å². The fourth-order valence-electron chi connectivity index (χ4n) is 7.71. The van der Waals surface area contributed by atoms with E-state index in [2.05, 4.69) is 19.9 Å². The molecule has 0 atom stereocenters. The topological polar surface area (TPSA) is 186 Å². The molecule has 0 amide bonds. The lowest BCUT2D eigenvalue weighted by molar-refractivity contribution is 0.309. The lowest BCUT2D eigenvalue weighted by Crippen LogP contribution is -2.10. The Morgan fingerprint density at radius 1 is 0.362 bits per heavy atom. The molecule has 0 unspecified atom stereocenters. The van der Waals surface area contributed by atoms with Crippen LogP contribution in [-0.4, -0.2) is 76.8 Å². The van der Waals surface area contributed by atoms with E-state index >= 15 is 0 Å². The number of hydrogen-bond donors (Lipinski definition) is 4. The highest BCUT2D eigenvalue weighted by atomic mass is 35.5. The zero-order valence-electron chi connectivity index (χ0n) is 32.3. The summed E-state index contributed by atoms with van der Waals surface area (Å²) in [6.07, 6.45) is 0. The van der Waals surface area contributed by atoms with Crippen molar-refractivity contribution in [3.8, 4) is 46.0 Å². The van der Waals surface area contributed by atoms with Gasteiger partial charge >= 0.3 is 0 Å². The van der Waals surface area contributed by atoms with Crippen LogP contribution in [0.3, 0.4) is 0 Å². The number of ether oxygens (including phenoxy) is 8. The van der Waals surface area contributed by atoms with Crippen molar-refractivity contribution >= 4 is 89.6 Å². The van der Waals surface area contributed by atoms with Gasteiger partial charge in [-0.15, -0.1) is 0 Å². The predicted molar refractivity (Wildman–Crippen MR) is 219 cm³/mol. The average molecular weight is 826 g/mol. The van der Waals surface area contributed by atoms with Gasteiger partial charge in [-0.05, 0) is 12.1 Å². The lowest BCUT2D eigenvalue weighted by atomic mass is 10.1. The summed E-state index contributed by atoms with van der Waals surface area (Å²) >= 11 is 13.6. The van der Waals surface area contributed by atoms with E-state index in [1.54, 1.807) is 6.07 Å². The van der Waals surface area contributed by atoms with E-state index in [9.17, 15) is 0 Å². The van der Waals surface area contributed by atoms with Crippen molar-refractivity contribution in [1.29, 1.82) is 0 Å². The van der Waals surface area contributed by atoms with E-state index < -0.39 is 0 Å². The third-order valence-electron chi connectivity index (χ3n) is 10.1. The molecule has 4 aromatic heterocycles. The number of nitrogens with one attached hydrogen (secondary N) is 4. The summed E-state index contributed by atoms with van der Waals surface area (Å²) in [6.45, 7) is 0. The van der Waals surface area contributed by atoms with E-state index in [1.807, 2.05) is 30.3 Å². The maximum atomic E-state index is 6.96. The second-order valence-corrected chi connectivity index (χ2v) is 13.6. The Morgan fingerprint density at radius 3 is 1.17 bits per heavy atom. The molecule has 4 N–H and O–H groups in total. The van der Waals surface area contributed by atoms with Gasteiger partial charge in [0.1, 0.15) is 45.2 Å². The van der Waals surface area contributed by atoms with Crippen LogP contribution >= 0.6 is 23.2 Å². The van der Waals surface area contributed by atoms with Crippen molar-refractivity contribution in [2.75, 3.05) is 56.9 Å². The SMILES string of the molecule is COc1c(OC)c(OC)c2c3[nH]c(c2c1OC)N=c1[nH]c(c2ccc(Cl)c(Cl)c12)=Nc1[nH]c(c2ccccc12)N=c1[nH]c(c2c(OC)c(OC)c(OC)c(OC)c12)=N3. The third-order valence-corrected chi connectivity index (χ3v) is 10.9. The molecule has 8 bridgehead atoms. The number of methoxy groups -OCH3 is 8. The average Bonchev–Trinajstić information content (AvgIpc) is 3.98. The van der Waals surface area contributed by atoms with Crippen molar-refractivity contribution in [2.24, 2.45) is 20.0 Å². The predicted octanol–water partition coefficient (Wildman–Crippen LogP) is 7.11. The van der Waals surface area contributed by atoms with Gasteiger partial charge in [-0.1, -0.05) is 47.5 Å². The van der Waals surface area contributed by atoms with E-state index in [0.29, 0.717) is 88.2 Å². The maximum absolute atomic E-state index is 6.96. The fourth-order valence-corrected chi connectivity index (χ4v) is 8.13. The Morgan fingerprint density at radius 2 is 0.724 bits per heavy atom. The summed E-state index contributed by atoms with van der Waals surface area (Å²) in [5.41, 5.74) is 1.45. The van der Waals surface area contributed by atoms with Gasteiger partial charge in [-0.3, -0.25) is 0 Å². The monoisotopic (exact) mass is 824 g/mol. The number of H-pyrrole nitrogens is 4. The van der Waals surface area contributed by atoms with Crippen molar-refractivity contribution in [1.82, 2.24) is 19.9 Å². The number of aromatic amines is 4. The molecular weight excluding hydrogens is 791 g/mol. The fraction of sp³-hybridized carbons (Fsp3) is 0.200. The van der Waals surface area contributed by atoms with Gasteiger partial charge in [0.15, 0.2) is 23.0 Å². The minimum absolute atomic E-state index is 0.260. The molecule has 16 nitrogen and oxygen atoms in total. The molecule has 0 aliphatic carbocycles. The Kier molecular flexibility index (Phi) is 8.89. The van der Waals surface area contributed by atoms with E-state index in [0.717, 1.165) is 10.8 Å². The summed E-state index contributed by atoms with van der Waals surface area (Å²) in [7, 11) is 12.1. The standard InChI is InChI=1S/C40H34Cl2N8O8/c1-51-25-20-21(26(52-2)30(56-6)29(25)55-5)39-48-37(20)45-34-16-12-10-9-11-15(16)33(43-34)44-35-17-13-14-18(41)24(42)19(17)36(46-35)47-38-22-23(40(49-38)50-39)28(54-4)32(58-8)31(57-7)27(22)53-3/h9-14H,1-8H3,(H4,43,44,45,46,47,48,49,50). The Hall–Kier alpha value is -6.78. The van der Waals surface area contributed by atoms with Gasteiger partial charge in [-0.2, -0.15) is 0 Å². The quantitative estimate of drug-likeness (QED) is 0.125. The first-order chi connectivity index (χ1) is 28.2. The van der Waals surface area contributed by atoms with Crippen molar-refractivity contribution in [3.05, 3.63) is 68.4 Å².